The molecule has 1 saturated heterocycles. The van der Waals surface area contributed by atoms with Crippen molar-refractivity contribution in [3.05, 3.63) is 28.8 Å². The molecular weight excluding hydrogens is 292 g/mol. The van der Waals surface area contributed by atoms with Crippen LogP contribution in [-0.4, -0.2) is 41.5 Å². The van der Waals surface area contributed by atoms with Crippen molar-refractivity contribution in [2.24, 2.45) is 5.92 Å². The lowest BCUT2D eigenvalue weighted by Gasteiger charge is -2.31. The van der Waals surface area contributed by atoms with E-state index >= 15 is 0 Å². The number of nitrogens with one attached hydrogen (secondary N) is 1. The summed E-state index contributed by atoms with van der Waals surface area (Å²) < 4.78 is 0. The van der Waals surface area contributed by atoms with E-state index in [9.17, 15) is 14.7 Å². The summed E-state index contributed by atoms with van der Waals surface area (Å²) in [6.45, 7) is 2.80. The van der Waals surface area contributed by atoms with Gasteiger partial charge in [-0.3, -0.25) is 9.59 Å². The summed E-state index contributed by atoms with van der Waals surface area (Å²) >= 11 is 5.99. The average molecular weight is 311 g/mol. The highest BCUT2D eigenvalue weighted by Gasteiger charge is 2.27. The molecule has 0 saturated carbocycles. The second kappa shape index (κ2) is 6.91. The maximum absolute atomic E-state index is 12.2. The number of likely N-dealkylation sites (tertiary alicyclic amines) is 1. The van der Waals surface area contributed by atoms with Gasteiger partial charge >= 0.3 is 11.8 Å². The lowest BCUT2D eigenvalue weighted by Crippen LogP contribution is -2.45. The summed E-state index contributed by atoms with van der Waals surface area (Å²) in [6, 6.07) is 5.15. The maximum Gasteiger partial charge on any atom is 0.313 e. The van der Waals surface area contributed by atoms with Gasteiger partial charge in [-0.15, -0.1) is 0 Å². The molecule has 21 heavy (non-hydrogen) atoms. The molecule has 5 nitrogen and oxygen atoms in total. The van der Waals surface area contributed by atoms with Crippen LogP contribution < -0.4 is 5.32 Å². The van der Waals surface area contributed by atoms with Crippen LogP contribution in [0, 0.1) is 12.8 Å². The van der Waals surface area contributed by atoms with Crippen molar-refractivity contribution in [2.75, 3.05) is 25.0 Å². The summed E-state index contributed by atoms with van der Waals surface area (Å²) in [7, 11) is 0. The summed E-state index contributed by atoms with van der Waals surface area (Å²) in [5.74, 6) is -1.17. The number of carbonyl (C=O) groups excluding carboxylic acids is 2. The Kier molecular flexibility index (Phi) is 5.20. The number of aliphatic hydroxyl groups excluding tert-OH is 1. The Morgan fingerprint density at radius 3 is 2.95 bits per heavy atom. The predicted octanol–water partition coefficient (Wildman–Crippen LogP) is 1.82. The maximum atomic E-state index is 12.2. The third-order valence-electron chi connectivity index (χ3n) is 3.77. The van der Waals surface area contributed by atoms with Gasteiger partial charge in [-0.05, 0) is 43.4 Å². The van der Waals surface area contributed by atoms with E-state index in [1.54, 1.807) is 25.1 Å². The fourth-order valence-corrected chi connectivity index (χ4v) is 2.64. The van der Waals surface area contributed by atoms with Crippen LogP contribution in [0.2, 0.25) is 5.02 Å². The molecule has 1 fully saturated rings. The Labute approximate surface area is 128 Å². The van der Waals surface area contributed by atoms with Gasteiger partial charge in [0.25, 0.3) is 0 Å². The van der Waals surface area contributed by atoms with E-state index in [0.29, 0.717) is 23.8 Å². The van der Waals surface area contributed by atoms with Crippen LogP contribution in [0.25, 0.3) is 0 Å². The Balaban J connectivity index is 2.02. The number of halogens is 1. The summed E-state index contributed by atoms with van der Waals surface area (Å²) in [5, 5.41) is 12.3. The molecule has 1 aromatic rings. The number of nitrogens with zero attached hydrogens (tertiary/aromatic N) is 1. The first-order valence-corrected chi connectivity index (χ1v) is 7.37. The number of hydrogen-bond donors (Lipinski definition) is 2. The van der Waals surface area contributed by atoms with Gasteiger partial charge in [0.2, 0.25) is 0 Å². The van der Waals surface area contributed by atoms with Crippen molar-refractivity contribution in [3.8, 4) is 0 Å². The molecular formula is C15H19ClN2O3. The quantitative estimate of drug-likeness (QED) is 0.819. The van der Waals surface area contributed by atoms with Crippen LogP contribution in [0.3, 0.4) is 0 Å². The van der Waals surface area contributed by atoms with E-state index in [2.05, 4.69) is 5.32 Å². The summed E-state index contributed by atoms with van der Waals surface area (Å²) in [6.07, 6.45) is 1.69. The van der Waals surface area contributed by atoms with Crippen molar-refractivity contribution < 1.29 is 14.7 Å². The minimum atomic E-state index is -0.668. The molecule has 0 bridgehead atoms. The van der Waals surface area contributed by atoms with Gasteiger partial charge in [0.1, 0.15) is 0 Å². The molecule has 2 N–H and O–H groups in total. The van der Waals surface area contributed by atoms with Crippen LogP contribution in [0.15, 0.2) is 18.2 Å². The van der Waals surface area contributed by atoms with Crippen molar-refractivity contribution in [1.29, 1.82) is 0 Å². The fraction of sp³-hybridized carbons (Fsp3) is 0.467. The van der Waals surface area contributed by atoms with Crippen molar-refractivity contribution in [2.45, 2.75) is 19.8 Å². The topological polar surface area (TPSA) is 69.6 Å². The Morgan fingerprint density at radius 2 is 2.24 bits per heavy atom. The average Bonchev–Trinajstić information content (AvgIpc) is 2.51. The molecule has 1 atom stereocenters. The van der Waals surface area contributed by atoms with Crippen molar-refractivity contribution in [1.82, 2.24) is 4.90 Å². The van der Waals surface area contributed by atoms with Gasteiger partial charge in [-0.1, -0.05) is 17.7 Å². The van der Waals surface area contributed by atoms with Crippen LogP contribution in [0.1, 0.15) is 18.4 Å². The van der Waals surface area contributed by atoms with Crippen LogP contribution in [0.5, 0.6) is 0 Å². The number of carbonyl (C=O) groups is 2. The minimum Gasteiger partial charge on any atom is -0.396 e. The molecule has 2 rings (SSSR count). The predicted molar refractivity (Wildman–Crippen MR) is 81.2 cm³/mol. The summed E-state index contributed by atoms with van der Waals surface area (Å²) in [4.78, 5) is 25.7. The van der Waals surface area contributed by atoms with Crippen molar-refractivity contribution >= 4 is 29.1 Å². The van der Waals surface area contributed by atoms with Gasteiger partial charge in [0.15, 0.2) is 0 Å². The third kappa shape index (κ3) is 3.74. The normalized spacial score (nSPS) is 18.4. The number of anilines is 1. The zero-order chi connectivity index (χ0) is 15.4. The lowest BCUT2D eigenvalue weighted by atomic mass is 9.99. The van der Waals surface area contributed by atoms with E-state index < -0.39 is 11.8 Å². The SMILES string of the molecule is Cc1c(Cl)cccc1NC(=O)C(=O)N1CCCC(CO)C1. The molecule has 1 unspecified atom stereocenters. The number of amides is 2. The fourth-order valence-electron chi connectivity index (χ4n) is 2.46. The van der Waals surface area contributed by atoms with E-state index in [0.717, 1.165) is 18.4 Å². The second-order valence-electron chi connectivity index (χ2n) is 5.31. The molecule has 1 aliphatic rings. The number of rotatable bonds is 2. The van der Waals surface area contributed by atoms with Gasteiger partial charge in [-0.2, -0.15) is 0 Å². The Hall–Kier alpha value is -1.59. The van der Waals surface area contributed by atoms with Gasteiger partial charge in [0.05, 0.1) is 0 Å². The molecule has 1 aliphatic heterocycles. The monoisotopic (exact) mass is 310 g/mol. The van der Waals surface area contributed by atoms with Gasteiger partial charge in [-0.25, -0.2) is 0 Å². The highest BCUT2D eigenvalue weighted by molar-refractivity contribution is 6.40. The Morgan fingerprint density at radius 1 is 1.48 bits per heavy atom. The molecule has 2 amide bonds. The van der Waals surface area contributed by atoms with Crippen molar-refractivity contribution in [3.63, 3.8) is 0 Å². The number of piperidine rings is 1. The van der Waals surface area contributed by atoms with Crippen LogP contribution >= 0.6 is 11.6 Å². The lowest BCUT2D eigenvalue weighted by molar-refractivity contribution is -0.144. The van der Waals surface area contributed by atoms with Crippen LogP contribution in [-0.2, 0) is 9.59 Å². The zero-order valence-electron chi connectivity index (χ0n) is 11.9. The summed E-state index contributed by atoms with van der Waals surface area (Å²) in [5.41, 5.74) is 1.27. The van der Waals surface area contributed by atoms with Gasteiger partial charge in [0, 0.05) is 30.4 Å². The first kappa shape index (κ1) is 15.8. The number of hydrogen-bond acceptors (Lipinski definition) is 3. The van der Waals surface area contributed by atoms with E-state index in [4.69, 9.17) is 11.6 Å². The van der Waals surface area contributed by atoms with E-state index in [1.807, 2.05) is 0 Å². The van der Waals surface area contributed by atoms with E-state index in [-0.39, 0.29) is 12.5 Å². The van der Waals surface area contributed by atoms with E-state index in [1.165, 1.54) is 4.90 Å². The molecule has 0 spiro atoms. The first-order valence-electron chi connectivity index (χ1n) is 6.99. The van der Waals surface area contributed by atoms with Gasteiger partial charge < -0.3 is 15.3 Å². The minimum absolute atomic E-state index is 0.0405. The first-order chi connectivity index (χ1) is 10.0. The van der Waals surface area contributed by atoms with Crippen LogP contribution in [0.4, 0.5) is 5.69 Å². The zero-order valence-corrected chi connectivity index (χ0v) is 12.7. The smallest absolute Gasteiger partial charge is 0.313 e. The largest absolute Gasteiger partial charge is 0.396 e. The standard InChI is InChI=1S/C15H19ClN2O3/c1-10-12(16)5-2-6-13(10)17-14(20)15(21)18-7-3-4-11(8-18)9-19/h2,5-6,11,19H,3-4,7-9H2,1H3,(H,17,20). The Bertz CT molecular complexity index is 548. The molecule has 0 aromatic heterocycles. The molecule has 6 heteroatoms. The highest BCUT2D eigenvalue weighted by Crippen LogP contribution is 2.23. The second-order valence-corrected chi connectivity index (χ2v) is 5.72. The third-order valence-corrected chi connectivity index (χ3v) is 4.18. The highest BCUT2D eigenvalue weighted by atomic mass is 35.5. The number of aliphatic hydroxyl groups is 1. The molecule has 0 aliphatic carbocycles. The molecule has 114 valence electrons. The number of benzene rings is 1. The molecule has 1 heterocycles. The molecule has 0 radical (unpaired) electrons. The molecule has 1 aromatic carbocycles.